The number of para-hydroxylation sites is 1. The minimum absolute atomic E-state index is 0.359. The zero-order valence-electron chi connectivity index (χ0n) is 9.34. The molecule has 6 rings (SSSR count). The average Bonchev–Trinajstić information content (AvgIpc) is 3.02. The van der Waals surface area contributed by atoms with Crippen molar-refractivity contribution in [3.05, 3.63) is 59.9 Å². The molecule has 4 aliphatic rings. The second kappa shape index (κ2) is 2.56. The van der Waals surface area contributed by atoms with Gasteiger partial charge in [-0.3, -0.25) is 0 Å². The van der Waals surface area contributed by atoms with Crippen molar-refractivity contribution in [2.45, 2.75) is 11.8 Å². The lowest BCUT2D eigenvalue weighted by molar-refractivity contribution is 0.545. The summed E-state index contributed by atoms with van der Waals surface area (Å²) < 4.78 is 6.10. The predicted octanol–water partition coefficient (Wildman–Crippen LogP) is 3.99. The molecule has 0 radical (unpaired) electrons. The van der Waals surface area contributed by atoms with Gasteiger partial charge in [-0.1, -0.05) is 42.5 Å². The lowest BCUT2D eigenvalue weighted by atomic mass is 10.0. The maximum atomic E-state index is 6.10. The maximum absolute atomic E-state index is 6.10. The third-order valence-corrected chi connectivity index (χ3v) is 4.51. The fourth-order valence-electron chi connectivity index (χ4n) is 3.65. The van der Waals surface area contributed by atoms with Crippen molar-refractivity contribution >= 4 is 11.0 Å². The van der Waals surface area contributed by atoms with Crippen LogP contribution in [0.4, 0.5) is 0 Å². The Bertz CT molecular complexity index is 669. The zero-order chi connectivity index (χ0) is 11.0. The molecule has 4 bridgehead atoms. The third kappa shape index (κ3) is 0.880. The van der Waals surface area contributed by atoms with E-state index in [-0.39, 0.29) is 0 Å². The molecule has 2 aromatic rings. The predicted molar refractivity (Wildman–Crippen MR) is 67.0 cm³/mol. The van der Waals surface area contributed by atoms with Crippen LogP contribution < -0.4 is 0 Å². The van der Waals surface area contributed by atoms with E-state index in [2.05, 4.69) is 48.6 Å². The van der Waals surface area contributed by atoms with Crippen molar-refractivity contribution in [2.24, 2.45) is 11.8 Å². The highest BCUT2D eigenvalue weighted by Crippen LogP contribution is 2.62. The van der Waals surface area contributed by atoms with E-state index in [1.54, 1.807) is 0 Å². The largest absolute Gasteiger partial charge is 0.460 e. The van der Waals surface area contributed by atoms with E-state index in [4.69, 9.17) is 4.42 Å². The van der Waals surface area contributed by atoms with Gasteiger partial charge in [0.05, 0.1) is 5.92 Å². The standard InChI is InChI=1S/C16H12O/c1-2-4-13-12(3-1)15-14-10-7-5-9(16(15)17-13)6-8-11(10)14/h1-11,14H. The number of furan rings is 1. The molecule has 1 heterocycles. The Morgan fingerprint density at radius 2 is 1.65 bits per heavy atom. The molecule has 1 fully saturated rings. The number of rotatable bonds is 0. The van der Waals surface area contributed by atoms with Crippen molar-refractivity contribution in [3.63, 3.8) is 0 Å². The van der Waals surface area contributed by atoms with E-state index in [9.17, 15) is 0 Å². The molecule has 0 saturated heterocycles. The second-order valence-electron chi connectivity index (χ2n) is 5.35. The van der Waals surface area contributed by atoms with Gasteiger partial charge < -0.3 is 4.42 Å². The van der Waals surface area contributed by atoms with Crippen LogP contribution in [0.5, 0.6) is 0 Å². The van der Waals surface area contributed by atoms with Crippen molar-refractivity contribution < 1.29 is 4.42 Å². The van der Waals surface area contributed by atoms with Crippen LogP contribution in [-0.4, -0.2) is 0 Å². The number of benzene rings is 1. The smallest absolute Gasteiger partial charge is 0.134 e. The summed E-state index contributed by atoms with van der Waals surface area (Å²) in [7, 11) is 0. The topological polar surface area (TPSA) is 13.1 Å². The first-order valence-corrected chi connectivity index (χ1v) is 6.31. The van der Waals surface area contributed by atoms with Crippen LogP contribution in [0, 0.1) is 11.8 Å². The van der Waals surface area contributed by atoms with Gasteiger partial charge in [-0.25, -0.2) is 0 Å². The minimum Gasteiger partial charge on any atom is -0.460 e. The highest BCUT2D eigenvalue weighted by molar-refractivity contribution is 5.84. The van der Waals surface area contributed by atoms with Crippen molar-refractivity contribution in [3.8, 4) is 0 Å². The first kappa shape index (κ1) is 8.35. The fraction of sp³-hybridized carbons (Fsp3) is 0.250. The number of hydrogen-bond acceptors (Lipinski definition) is 1. The van der Waals surface area contributed by atoms with E-state index >= 15 is 0 Å². The molecular weight excluding hydrogens is 208 g/mol. The van der Waals surface area contributed by atoms with E-state index in [0.717, 1.165) is 17.4 Å². The normalized spacial score (nSPS) is 35.8. The molecule has 1 nitrogen and oxygen atoms in total. The number of fused-ring (bicyclic) bond motifs is 1. The summed E-state index contributed by atoms with van der Waals surface area (Å²) >= 11 is 0. The molecule has 0 spiro atoms. The Balaban J connectivity index is 1.93. The van der Waals surface area contributed by atoms with Gasteiger partial charge >= 0.3 is 0 Å². The van der Waals surface area contributed by atoms with Gasteiger partial charge in [0.2, 0.25) is 0 Å². The molecule has 1 aromatic carbocycles. The van der Waals surface area contributed by atoms with Crippen LogP contribution in [0.15, 0.2) is 53.0 Å². The summed E-state index contributed by atoms with van der Waals surface area (Å²) in [5, 5.41) is 1.33. The summed E-state index contributed by atoms with van der Waals surface area (Å²) in [4.78, 5) is 0. The van der Waals surface area contributed by atoms with E-state index < -0.39 is 0 Å². The summed E-state index contributed by atoms with van der Waals surface area (Å²) in [6.07, 6.45) is 9.42. The summed E-state index contributed by atoms with van der Waals surface area (Å²) in [5.74, 6) is 3.66. The van der Waals surface area contributed by atoms with Crippen LogP contribution in [0.25, 0.3) is 11.0 Å². The molecule has 82 valence electrons. The Morgan fingerprint density at radius 1 is 0.882 bits per heavy atom. The van der Waals surface area contributed by atoms with Gasteiger partial charge in [0.25, 0.3) is 0 Å². The molecule has 17 heavy (non-hydrogen) atoms. The van der Waals surface area contributed by atoms with Gasteiger partial charge in [0.1, 0.15) is 11.3 Å². The highest BCUT2D eigenvalue weighted by atomic mass is 16.3. The van der Waals surface area contributed by atoms with Crippen molar-refractivity contribution in [1.82, 2.24) is 0 Å². The minimum atomic E-state index is 0.359. The van der Waals surface area contributed by atoms with E-state index in [1.165, 1.54) is 16.7 Å². The van der Waals surface area contributed by atoms with Crippen LogP contribution >= 0.6 is 0 Å². The molecule has 0 amide bonds. The Kier molecular flexibility index (Phi) is 1.26. The zero-order valence-corrected chi connectivity index (χ0v) is 9.34. The van der Waals surface area contributed by atoms with Crippen molar-refractivity contribution in [1.29, 1.82) is 0 Å². The molecular formula is C16H12O. The molecule has 2 unspecified atom stereocenters. The first-order chi connectivity index (χ1) is 8.43. The number of hydrogen-bond donors (Lipinski definition) is 0. The molecule has 0 N–H and O–H groups in total. The van der Waals surface area contributed by atoms with Gasteiger partial charge in [-0.2, -0.15) is 0 Å². The van der Waals surface area contributed by atoms with Crippen LogP contribution in [0.2, 0.25) is 0 Å². The van der Waals surface area contributed by atoms with E-state index in [1.807, 2.05) is 0 Å². The van der Waals surface area contributed by atoms with Crippen molar-refractivity contribution in [2.75, 3.05) is 0 Å². The van der Waals surface area contributed by atoms with Crippen LogP contribution in [0.3, 0.4) is 0 Å². The lowest BCUT2D eigenvalue weighted by Crippen LogP contribution is -1.90. The Labute approximate surface area is 99.4 Å². The van der Waals surface area contributed by atoms with Gasteiger partial charge in [-0.15, -0.1) is 0 Å². The lowest BCUT2D eigenvalue weighted by Gasteiger charge is -2.03. The van der Waals surface area contributed by atoms with Crippen LogP contribution in [0.1, 0.15) is 23.2 Å². The van der Waals surface area contributed by atoms with E-state index in [0.29, 0.717) is 11.8 Å². The third-order valence-electron chi connectivity index (χ3n) is 4.51. The highest BCUT2D eigenvalue weighted by Gasteiger charge is 2.53. The van der Waals surface area contributed by atoms with Crippen LogP contribution in [-0.2, 0) is 0 Å². The molecule has 1 saturated carbocycles. The molecule has 2 atom stereocenters. The molecule has 1 aromatic heterocycles. The quantitative estimate of drug-likeness (QED) is 0.612. The average molecular weight is 220 g/mol. The number of allylic oxidation sites excluding steroid dienone is 4. The summed E-state index contributed by atoms with van der Waals surface area (Å²) in [6.45, 7) is 0. The molecule has 1 heteroatoms. The fourth-order valence-corrected chi connectivity index (χ4v) is 3.65. The maximum Gasteiger partial charge on any atom is 0.134 e. The molecule has 4 aliphatic carbocycles. The Morgan fingerprint density at radius 3 is 2.47 bits per heavy atom. The Hall–Kier alpha value is -1.76. The van der Waals surface area contributed by atoms with Gasteiger partial charge in [0, 0.05) is 16.9 Å². The first-order valence-electron chi connectivity index (χ1n) is 6.31. The van der Waals surface area contributed by atoms with Gasteiger partial charge in [0.15, 0.2) is 0 Å². The SMILES string of the molecule is C1=CC2C3C=CC1c1oc4ccccc4c1C23. The second-order valence-corrected chi connectivity index (χ2v) is 5.35. The molecule has 0 aliphatic heterocycles. The monoisotopic (exact) mass is 220 g/mol. The summed E-state index contributed by atoms with van der Waals surface area (Å²) in [5.41, 5.74) is 2.54. The summed E-state index contributed by atoms with van der Waals surface area (Å²) in [6, 6.07) is 8.46. The van der Waals surface area contributed by atoms with Gasteiger partial charge in [-0.05, 0) is 17.9 Å².